The highest BCUT2D eigenvalue weighted by atomic mass is 31.2. The number of phosphoric acid groups is 2. The highest BCUT2D eigenvalue weighted by molar-refractivity contribution is 7.47. The van der Waals surface area contributed by atoms with Crippen LogP contribution in [0.5, 0.6) is 0 Å². The molecule has 66 heavy (non-hydrogen) atoms. The van der Waals surface area contributed by atoms with Gasteiger partial charge in [0.25, 0.3) is 0 Å². The molecule has 6 unspecified atom stereocenters. The van der Waals surface area contributed by atoms with Crippen molar-refractivity contribution < 1.29 is 82.0 Å². The van der Waals surface area contributed by atoms with Crippen molar-refractivity contribution in [3.63, 3.8) is 0 Å². The lowest BCUT2D eigenvalue weighted by Gasteiger charge is -2.43. The number of carbonyl (C=O) groups is 2. The van der Waals surface area contributed by atoms with Gasteiger partial charge in [-0.1, -0.05) is 138 Å². The number of hydrogen-bond acceptors (Lipinski definition) is 14. The predicted octanol–water partition coefficient (Wildman–Crippen LogP) is 7.81. The topological polar surface area (TPSA) is 276 Å². The van der Waals surface area contributed by atoms with E-state index < -0.39 is 89.6 Å². The number of phosphoric ester groups is 2. The van der Waals surface area contributed by atoms with Crippen molar-refractivity contribution in [2.75, 3.05) is 13.2 Å². The maximum Gasteiger partial charge on any atom is 0.472 e. The number of hydrogen-bond donors (Lipinski definition) is 8. The van der Waals surface area contributed by atoms with E-state index in [4.69, 9.17) is 28.3 Å². The van der Waals surface area contributed by atoms with Gasteiger partial charge >= 0.3 is 27.6 Å². The van der Waals surface area contributed by atoms with Crippen LogP contribution in [-0.2, 0) is 41.8 Å². The molecule has 9 atom stereocenters. The Labute approximate surface area is 392 Å². The normalized spacial score (nSPS) is 22.6. The van der Waals surface area contributed by atoms with Crippen molar-refractivity contribution in [2.24, 2.45) is 0 Å². The molecule has 0 amide bonds. The second-order valence-electron chi connectivity index (χ2n) is 16.3. The summed E-state index contributed by atoms with van der Waals surface area (Å²) in [6.45, 7) is 2.82. The first kappa shape index (κ1) is 61.4. The first-order valence-corrected chi connectivity index (χ1v) is 26.6. The molecule has 8 N–H and O–H groups in total. The highest BCUT2D eigenvalue weighted by Crippen LogP contribution is 2.49. The molecule has 1 saturated carbocycles. The van der Waals surface area contributed by atoms with Gasteiger partial charge in [-0.05, 0) is 70.6 Å². The van der Waals surface area contributed by atoms with Crippen molar-refractivity contribution in [3.8, 4) is 0 Å². The summed E-state index contributed by atoms with van der Waals surface area (Å²) in [4.78, 5) is 54.2. The summed E-state index contributed by atoms with van der Waals surface area (Å²) in [7, 11) is -10.7. The minimum atomic E-state index is -5.38. The largest absolute Gasteiger partial charge is 0.472 e. The molecule has 1 rings (SSSR count). The predicted molar refractivity (Wildman–Crippen MR) is 252 cm³/mol. The van der Waals surface area contributed by atoms with E-state index >= 15 is 0 Å². The third-order valence-electron chi connectivity index (χ3n) is 10.3. The molecule has 380 valence electrons. The van der Waals surface area contributed by atoms with Gasteiger partial charge in [0.15, 0.2) is 6.10 Å². The average Bonchev–Trinajstić information content (AvgIpc) is 3.26. The van der Waals surface area contributed by atoms with Crippen LogP contribution in [0.4, 0.5) is 0 Å². The smallest absolute Gasteiger partial charge is 0.462 e. The molecule has 0 aliphatic heterocycles. The first-order chi connectivity index (χ1) is 31.5. The van der Waals surface area contributed by atoms with E-state index in [0.717, 1.165) is 51.4 Å². The molecule has 0 aromatic rings. The summed E-state index contributed by atoms with van der Waals surface area (Å²) in [5.41, 5.74) is 0. The van der Waals surface area contributed by atoms with Gasteiger partial charge in [-0.3, -0.25) is 23.2 Å². The number of unbranched alkanes of at least 4 members (excludes halogenated alkanes) is 12. The molecular weight excluding hydrogens is 898 g/mol. The summed E-state index contributed by atoms with van der Waals surface area (Å²) >= 11 is 0. The quantitative estimate of drug-likeness (QED) is 0.00963. The van der Waals surface area contributed by atoms with Gasteiger partial charge in [-0.15, -0.1) is 0 Å². The molecule has 1 aliphatic carbocycles. The lowest BCUT2D eigenvalue weighted by atomic mass is 9.85. The monoisotopic (exact) mass is 978 g/mol. The van der Waals surface area contributed by atoms with Crippen LogP contribution in [0.2, 0.25) is 0 Å². The number of esters is 2. The van der Waals surface area contributed by atoms with Gasteiger partial charge in [-0.25, -0.2) is 9.13 Å². The molecule has 0 aromatic carbocycles. The Morgan fingerprint density at radius 2 is 1.12 bits per heavy atom. The van der Waals surface area contributed by atoms with Gasteiger partial charge in [0.05, 0.1) is 12.7 Å². The third kappa shape index (κ3) is 31.4. The van der Waals surface area contributed by atoms with Crippen LogP contribution in [0, 0.1) is 0 Å². The summed E-state index contributed by atoms with van der Waals surface area (Å²) in [5.74, 6) is -1.33. The van der Waals surface area contributed by atoms with E-state index in [0.29, 0.717) is 32.1 Å². The Bertz CT molecular complexity index is 1570. The number of rotatable bonds is 38. The summed E-state index contributed by atoms with van der Waals surface area (Å²) < 4.78 is 49.2. The molecular formula is C47H80O17P2. The molecule has 0 spiro atoms. The zero-order chi connectivity index (χ0) is 49.1. The third-order valence-corrected chi connectivity index (χ3v) is 11.8. The van der Waals surface area contributed by atoms with Crippen LogP contribution in [0.1, 0.15) is 149 Å². The highest BCUT2D eigenvalue weighted by Gasteiger charge is 2.54. The van der Waals surface area contributed by atoms with Crippen LogP contribution in [0.15, 0.2) is 72.9 Å². The summed E-state index contributed by atoms with van der Waals surface area (Å²) in [5, 5.41) is 51.1. The van der Waals surface area contributed by atoms with E-state index in [1.165, 1.54) is 38.5 Å². The maximum atomic E-state index is 13.0. The Morgan fingerprint density at radius 3 is 1.74 bits per heavy atom. The van der Waals surface area contributed by atoms with Crippen LogP contribution in [0.25, 0.3) is 0 Å². The average molecular weight is 979 g/mol. The van der Waals surface area contributed by atoms with E-state index in [-0.39, 0.29) is 12.8 Å². The van der Waals surface area contributed by atoms with Crippen LogP contribution >= 0.6 is 15.6 Å². The molecule has 0 bridgehead atoms. The fourth-order valence-electron chi connectivity index (χ4n) is 6.66. The Balaban J connectivity index is 2.66. The molecule has 17 nitrogen and oxygen atoms in total. The van der Waals surface area contributed by atoms with Crippen LogP contribution in [-0.4, -0.2) is 114 Å². The van der Waals surface area contributed by atoms with E-state index in [1.54, 1.807) is 6.08 Å². The Kier molecular flexibility index (Phi) is 34.7. The Hall–Kier alpha value is -2.60. The standard InChI is InChI=1S/C47H80O17P2/c1-3-5-7-8-9-10-11-12-13-14-15-16-17-20-23-26-30-34-40(49)60-36-39(62-41(50)35-31-27-24-21-18-19-22-25-29-33-38(48)32-28-6-4-2)37-61-66(58,59)64-47-44(53)42(51)43(52)46(45(47)54)63-65(55,56)57/h6,12-13,15-16,20,22-23,25,28-29,33,38-39,42-48,51-54H,3-5,7-11,14,17-19,21,24,26-27,30-32,34-37H2,1-2H3,(H,58,59)(H2,55,56,57)/b13-12-,16-15-,23-20-,25-22+,28-6+,33-29+/t38?,39-,42?,43?,44?,45?,46-,47+/m1/s1. The number of allylic oxidation sites excluding steroid dienone is 10. The molecule has 0 heterocycles. The number of aliphatic hydroxyl groups excluding tert-OH is 5. The minimum absolute atomic E-state index is 0.0166. The Morgan fingerprint density at radius 1 is 0.576 bits per heavy atom. The van der Waals surface area contributed by atoms with Gasteiger partial charge in [0, 0.05) is 12.8 Å². The zero-order valence-corrected chi connectivity index (χ0v) is 40.7. The van der Waals surface area contributed by atoms with E-state index in [9.17, 15) is 49.1 Å². The first-order valence-electron chi connectivity index (χ1n) is 23.6. The fourth-order valence-corrected chi connectivity index (χ4v) is 8.20. The van der Waals surface area contributed by atoms with Crippen LogP contribution in [0.3, 0.4) is 0 Å². The fraction of sp³-hybridized carbons (Fsp3) is 0.702. The lowest BCUT2D eigenvalue weighted by molar-refractivity contribution is -0.216. The van der Waals surface area contributed by atoms with E-state index in [1.807, 2.05) is 49.5 Å². The van der Waals surface area contributed by atoms with Gasteiger partial charge in [0.2, 0.25) is 0 Å². The minimum Gasteiger partial charge on any atom is -0.462 e. The summed E-state index contributed by atoms with van der Waals surface area (Å²) in [6, 6.07) is 0. The molecule has 0 radical (unpaired) electrons. The van der Waals surface area contributed by atoms with Crippen molar-refractivity contribution in [1.29, 1.82) is 0 Å². The van der Waals surface area contributed by atoms with Crippen molar-refractivity contribution in [1.82, 2.24) is 0 Å². The maximum absolute atomic E-state index is 13.0. The lowest BCUT2D eigenvalue weighted by Crippen LogP contribution is -2.64. The second-order valence-corrected chi connectivity index (χ2v) is 18.9. The SMILES string of the molecule is CC/C=C/CC(O)/C=C/C=C/CCCCCCCC(=O)O[C@H](COC(=O)CCC/C=C\C/C=C\C/C=C\CCCCCCCC)COP(=O)(O)O[C@H]1C(O)C(O)C(O)[C@@H](OP(=O)(O)O)C1O. The van der Waals surface area contributed by atoms with E-state index in [2.05, 4.69) is 35.8 Å². The zero-order valence-electron chi connectivity index (χ0n) is 39.0. The molecule has 0 aromatic heterocycles. The van der Waals surface area contributed by atoms with Crippen molar-refractivity contribution in [2.45, 2.75) is 198 Å². The second kappa shape index (κ2) is 37.3. The van der Waals surface area contributed by atoms with Crippen LogP contribution < -0.4 is 0 Å². The van der Waals surface area contributed by atoms with Gasteiger partial charge in [0.1, 0.15) is 43.2 Å². The number of ether oxygens (including phenoxy) is 2. The summed E-state index contributed by atoms with van der Waals surface area (Å²) in [6.07, 6.45) is 26.2. The van der Waals surface area contributed by atoms with Crippen molar-refractivity contribution >= 4 is 27.6 Å². The number of aliphatic hydroxyl groups is 5. The molecule has 0 saturated heterocycles. The van der Waals surface area contributed by atoms with Crippen molar-refractivity contribution in [3.05, 3.63) is 72.9 Å². The molecule has 1 aliphatic rings. The number of carbonyl (C=O) groups excluding carboxylic acids is 2. The van der Waals surface area contributed by atoms with Gasteiger partial charge < -0.3 is 49.7 Å². The van der Waals surface area contributed by atoms with Gasteiger partial charge in [-0.2, -0.15) is 0 Å². The molecule has 1 fully saturated rings. The molecule has 19 heteroatoms.